The van der Waals surface area contributed by atoms with Gasteiger partial charge in [-0.3, -0.25) is 0 Å². The number of aromatic nitrogens is 2. The maximum absolute atomic E-state index is 4.25. The predicted octanol–water partition coefficient (Wildman–Crippen LogP) is 2.76. The molecule has 13 heavy (non-hydrogen) atoms. The topological polar surface area (TPSA) is 28.7 Å². The highest BCUT2D eigenvalue weighted by molar-refractivity contribution is 5.77. The molecule has 2 aromatic rings. The summed E-state index contributed by atoms with van der Waals surface area (Å²) in [7, 11) is 0. The Bertz CT molecular complexity index is 452. The number of hydrogen-bond donors (Lipinski definition) is 1. The maximum Gasteiger partial charge on any atom is 0.137 e. The minimum absolute atomic E-state index is 0.927. The summed E-state index contributed by atoms with van der Waals surface area (Å²) in [6.45, 7) is 3.61. The van der Waals surface area contributed by atoms with Crippen LogP contribution in [0.4, 0.5) is 0 Å². The Morgan fingerprint density at radius 1 is 1.46 bits per heavy atom. The number of H-pyrrole nitrogens is 1. The van der Waals surface area contributed by atoms with Crippen LogP contribution in [-0.2, 0) is 0 Å². The molecule has 0 fully saturated rings. The summed E-state index contributed by atoms with van der Waals surface area (Å²) in [5.41, 5.74) is 2.02. The van der Waals surface area contributed by atoms with Crippen molar-refractivity contribution in [1.29, 1.82) is 0 Å². The van der Waals surface area contributed by atoms with Gasteiger partial charge in [-0.25, -0.2) is 4.98 Å². The van der Waals surface area contributed by atoms with Crippen LogP contribution in [0, 0.1) is 0 Å². The molecule has 0 saturated carbocycles. The lowest BCUT2D eigenvalue weighted by Gasteiger charge is -1.92. The summed E-state index contributed by atoms with van der Waals surface area (Å²) < 4.78 is 0. The lowest BCUT2D eigenvalue weighted by Crippen LogP contribution is -1.77. The highest BCUT2D eigenvalue weighted by Gasteiger charge is 1.94. The first-order valence-corrected chi connectivity index (χ1v) is 4.12. The van der Waals surface area contributed by atoms with Crippen LogP contribution in [0.2, 0.25) is 0 Å². The standard InChI is InChI=1S/C11H10N2/c1-2-3-4-9-7-10-5-6-12-11(10)13-8-9/h2-8H,1H2,(H,12,13)/b4-3+. The molecule has 2 aromatic heterocycles. The molecule has 0 spiro atoms. The number of hydrogen-bond acceptors (Lipinski definition) is 1. The zero-order valence-corrected chi connectivity index (χ0v) is 7.20. The zero-order chi connectivity index (χ0) is 9.10. The van der Waals surface area contributed by atoms with Crippen LogP contribution in [0.3, 0.4) is 0 Å². The van der Waals surface area contributed by atoms with E-state index in [0.29, 0.717) is 0 Å². The molecular weight excluding hydrogens is 160 g/mol. The monoisotopic (exact) mass is 170 g/mol. The van der Waals surface area contributed by atoms with Gasteiger partial charge in [-0.05, 0) is 17.7 Å². The fourth-order valence-corrected chi connectivity index (χ4v) is 1.23. The summed E-state index contributed by atoms with van der Waals surface area (Å²) >= 11 is 0. The van der Waals surface area contributed by atoms with Gasteiger partial charge in [0, 0.05) is 17.8 Å². The molecule has 2 rings (SSSR count). The second kappa shape index (κ2) is 3.27. The molecule has 0 bridgehead atoms. The predicted molar refractivity (Wildman–Crippen MR) is 55.3 cm³/mol. The smallest absolute Gasteiger partial charge is 0.137 e. The van der Waals surface area contributed by atoms with Gasteiger partial charge in [-0.2, -0.15) is 0 Å². The number of allylic oxidation sites excluding steroid dienone is 2. The van der Waals surface area contributed by atoms with E-state index < -0.39 is 0 Å². The third-order valence-electron chi connectivity index (χ3n) is 1.85. The first-order chi connectivity index (χ1) is 6.40. The van der Waals surface area contributed by atoms with Crippen molar-refractivity contribution >= 4 is 17.1 Å². The highest BCUT2D eigenvalue weighted by atomic mass is 14.8. The van der Waals surface area contributed by atoms with E-state index >= 15 is 0 Å². The molecule has 2 heterocycles. The van der Waals surface area contributed by atoms with E-state index in [4.69, 9.17) is 0 Å². The van der Waals surface area contributed by atoms with Crippen molar-refractivity contribution in [2.45, 2.75) is 0 Å². The average Bonchev–Trinajstić information content (AvgIpc) is 2.61. The first-order valence-electron chi connectivity index (χ1n) is 4.12. The van der Waals surface area contributed by atoms with Crippen LogP contribution in [0.5, 0.6) is 0 Å². The Morgan fingerprint density at radius 3 is 3.23 bits per heavy atom. The molecule has 0 aromatic carbocycles. The molecular formula is C11H10N2. The molecule has 0 aliphatic rings. The fourth-order valence-electron chi connectivity index (χ4n) is 1.23. The van der Waals surface area contributed by atoms with Gasteiger partial charge in [0.25, 0.3) is 0 Å². The summed E-state index contributed by atoms with van der Waals surface area (Å²) in [6.07, 6.45) is 9.35. The van der Waals surface area contributed by atoms with Crippen molar-refractivity contribution in [3.05, 3.63) is 48.8 Å². The second-order valence-electron chi connectivity index (χ2n) is 2.78. The van der Waals surface area contributed by atoms with Crippen molar-refractivity contribution < 1.29 is 0 Å². The zero-order valence-electron chi connectivity index (χ0n) is 7.20. The van der Waals surface area contributed by atoms with E-state index in [1.807, 2.05) is 30.6 Å². The molecule has 0 amide bonds. The second-order valence-corrected chi connectivity index (χ2v) is 2.78. The number of aromatic amines is 1. The number of nitrogens with zero attached hydrogens (tertiary/aromatic N) is 1. The minimum atomic E-state index is 0.927. The van der Waals surface area contributed by atoms with Crippen LogP contribution in [0.15, 0.2) is 43.3 Å². The van der Waals surface area contributed by atoms with Gasteiger partial charge in [-0.15, -0.1) is 0 Å². The molecule has 0 radical (unpaired) electrons. The van der Waals surface area contributed by atoms with Gasteiger partial charge in [0.15, 0.2) is 0 Å². The number of pyridine rings is 1. The largest absolute Gasteiger partial charge is 0.346 e. The SMILES string of the molecule is C=C/C=C/c1cnc2[nH]ccc2c1. The van der Waals surface area contributed by atoms with E-state index in [1.54, 1.807) is 6.08 Å². The number of rotatable bonds is 2. The van der Waals surface area contributed by atoms with Gasteiger partial charge in [-0.1, -0.05) is 24.8 Å². The quantitative estimate of drug-likeness (QED) is 0.690. The minimum Gasteiger partial charge on any atom is -0.346 e. The van der Waals surface area contributed by atoms with Crippen LogP contribution >= 0.6 is 0 Å². The Balaban J connectivity index is 2.47. The lowest BCUT2D eigenvalue weighted by atomic mass is 10.2. The Labute approximate surface area is 76.6 Å². The Hall–Kier alpha value is -1.83. The van der Waals surface area contributed by atoms with E-state index in [2.05, 4.69) is 22.6 Å². The molecule has 64 valence electrons. The molecule has 2 heteroatoms. The molecule has 2 nitrogen and oxygen atoms in total. The van der Waals surface area contributed by atoms with Crippen LogP contribution < -0.4 is 0 Å². The van der Waals surface area contributed by atoms with Crippen molar-refractivity contribution in [1.82, 2.24) is 9.97 Å². The molecule has 0 unspecified atom stereocenters. The van der Waals surface area contributed by atoms with E-state index in [-0.39, 0.29) is 0 Å². The van der Waals surface area contributed by atoms with Gasteiger partial charge in [0.2, 0.25) is 0 Å². The summed E-state index contributed by atoms with van der Waals surface area (Å²) in [5.74, 6) is 0. The van der Waals surface area contributed by atoms with Gasteiger partial charge < -0.3 is 4.98 Å². The summed E-state index contributed by atoms with van der Waals surface area (Å²) in [6, 6.07) is 4.09. The van der Waals surface area contributed by atoms with Crippen molar-refractivity contribution in [2.24, 2.45) is 0 Å². The van der Waals surface area contributed by atoms with Crippen LogP contribution in [0.25, 0.3) is 17.1 Å². The third kappa shape index (κ3) is 1.51. The number of nitrogens with one attached hydrogen (secondary N) is 1. The van der Waals surface area contributed by atoms with Gasteiger partial charge in [0.05, 0.1) is 0 Å². The number of fused-ring (bicyclic) bond motifs is 1. The average molecular weight is 170 g/mol. The molecule has 1 N–H and O–H groups in total. The summed E-state index contributed by atoms with van der Waals surface area (Å²) in [5, 5.41) is 1.13. The third-order valence-corrected chi connectivity index (χ3v) is 1.85. The Morgan fingerprint density at radius 2 is 2.38 bits per heavy atom. The van der Waals surface area contributed by atoms with E-state index in [1.165, 1.54) is 0 Å². The van der Waals surface area contributed by atoms with Crippen molar-refractivity contribution in [3.8, 4) is 0 Å². The molecule has 0 atom stereocenters. The lowest BCUT2D eigenvalue weighted by molar-refractivity contribution is 1.32. The molecule has 0 aliphatic carbocycles. The van der Waals surface area contributed by atoms with Crippen molar-refractivity contribution in [2.75, 3.05) is 0 Å². The van der Waals surface area contributed by atoms with Crippen LogP contribution in [0.1, 0.15) is 5.56 Å². The maximum atomic E-state index is 4.25. The van der Waals surface area contributed by atoms with E-state index in [9.17, 15) is 0 Å². The Kier molecular flexibility index (Phi) is 1.96. The molecule has 0 saturated heterocycles. The first kappa shape index (κ1) is 7.80. The van der Waals surface area contributed by atoms with Gasteiger partial charge in [0.1, 0.15) is 5.65 Å². The van der Waals surface area contributed by atoms with Crippen LogP contribution in [-0.4, -0.2) is 9.97 Å². The highest BCUT2D eigenvalue weighted by Crippen LogP contribution is 2.12. The van der Waals surface area contributed by atoms with Crippen molar-refractivity contribution in [3.63, 3.8) is 0 Å². The fraction of sp³-hybridized carbons (Fsp3) is 0. The molecule has 0 aliphatic heterocycles. The van der Waals surface area contributed by atoms with Gasteiger partial charge >= 0.3 is 0 Å². The summed E-state index contributed by atoms with van der Waals surface area (Å²) in [4.78, 5) is 7.30. The van der Waals surface area contributed by atoms with E-state index in [0.717, 1.165) is 16.6 Å². The normalized spacial score (nSPS) is 11.1.